The molecule has 1 fully saturated rings. The van der Waals surface area contributed by atoms with Gasteiger partial charge in [0.15, 0.2) is 0 Å². The Morgan fingerprint density at radius 1 is 1.33 bits per heavy atom. The van der Waals surface area contributed by atoms with E-state index in [-0.39, 0.29) is 0 Å². The summed E-state index contributed by atoms with van der Waals surface area (Å²) < 4.78 is 0. The van der Waals surface area contributed by atoms with Crippen LogP contribution >= 0.6 is 0 Å². The lowest BCUT2D eigenvalue weighted by atomic mass is 10.1. The topological polar surface area (TPSA) is 15.6 Å². The van der Waals surface area contributed by atoms with Crippen LogP contribution in [0.1, 0.15) is 33.1 Å². The minimum Gasteiger partial charge on any atom is -0.301 e. The number of hydrogen-bond donors (Lipinski definition) is 0. The van der Waals surface area contributed by atoms with Gasteiger partial charge in [0.05, 0.1) is 6.04 Å². The molecule has 1 aliphatic heterocycles. The lowest BCUT2D eigenvalue weighted by molar-refractivity contribution is 0.230. The van der Waals surface area contributed by atoms with E-state index in [0.717, 1.165) is 0 Å². The molecule has 0 amide bonds. The average molecular weight is 168 g/mol. The van der Waals surface area contributed by atoms with Crippen molar-refractivity contribution < 1.29 is 0 Å². The van der Waals surface area contributed by atoms with Crippen LogP contribution < -0.4 is 0 Å². The van der Waals surface area contributed by atoms with E-state index < -0.39 is 0 Å². The first-order valence-electron chi connectivity index (χ1n) is 4.94. The highest BCUT2D eigenvalue weighted by atomic mass is 15.1. The van der Waals surface area contributed by atoms with Gasteiger partial charge < -0.3 is 4.90 Å². The first-order chi connectivity index (χ1) is 5.74. The number of nitrogens with zero attached hydrogens (tertiary/aromatic N) is 2. The highest BCUT2D eigenvalue weighted by molar-refractivity contribution is 5.24. The van der Waals surface area contributed by atoms with Gasteiger partial charge >= 0.3 is 0 Å². The maximum Gasteiger partial charge on any atom is 0.0505 e. The van der Waals surface area contributed by atoms with Gasteiger partial charge in [0, 0.05) is 12.6 Å². The molecule has 1 aliphatic rings. The van der Waals surface area contributed by atoms with Gasteiger partial charge in [-0.1, -0.05) is 0 Å². The third kappa shape index (κ3) is 2.59. The van der Waals surface area contributed by atoms with Crippen LogP contribution in [0.2, 0.25) is 0 Å². The molecule has 0 bridgehead atoms. The summed E-state index contributed by atoms with van der Waals surface area (Å²) in [6, 6.07) is 1.21. The van der Waals surface area contributed by atoms with Crippen molar-refractivity contribution in [2.24, 2.45) is 4.99 Å². The summed E-state index contributed by atoms with van der Waals surface area (Å²) in [6.45, 7) is 10.6. The Morgan fingerprint density at radius 2 is 2.08 bits per heavy atom. The van der Waals surface area contributed by atoms with E-state index in [1.165, 1.54) is 32.4 Å². The van der Waals surface area contributed by atoms with Crippen molar-refractivity contribution in [3.63, 3.8) is 0 Å². The molecule has 1 unspecified atom stereocenters. The molecule has 0 aliphatic carbocycles. The Morgan fingerprint density at radius 3 is 2.67 bits per heavy atom. The zero-order valence-electron chi connectivity index (χ0n) is 8.29. The predicted molar refractivity (Wildman–Crippen MR) is 53.9 cm³/mol. The third-order valence-corrected chi connectivity index (χ3v) is 2.72. The van der Waals surface area contributed by atoms with Gasteiger partial charge in [-0.05, 0) is 46.4 Å². The first kappa shape index (κ1) is 9.72. The van der Waals surface area contributed by atoms with Crippen molar-refractivity contribution in [2.45, 2.75) is 45.2 Å². The van der Waals surface area contributed by atoms with Crippen molar-refractivity contribution in [1.82, 2.24) is 4.90 Å². The second kappa shape index (κ2) is 4.61. The Labute approximate surface area is 75.7 Å². The zero-order valence-corrected chi connectivity index (χ0v) is 8.29. The highest BCUT2D eigenvalue weighted by Gasteiger charge is 2.16. The van der Waals surface area contributed by atoms with Gasteiger partial charge in [-0.25, -0.2) is 0 Å². The van der Waals surface area contributed by atoms with Crippen LogP contribution in [-0.2, 0) is 0 Å². The number of hydrogen-bond acceptors (Lipinski definition) is 2. The molecule has 12 heavy (non-hydrogen) atoms. The zero-order chi connectivity index (χ0) is 8.97. The second-order valence-corrected chi connectivity index (χ2v) is 3.90. The van der Waals surface area contributed by atoms with Crippen LogP contribution in [0.15, 0.2) is 4.99 Å². The molecule has 0 N–H and O–H groups in total. The Kier molecular flexibility index (Phi) is 3.73. The molecule has 1 rings (SSSR count). The highest BCUT2D eigenvalue weighted by Crippen LogP contribution is 2.15. The number of rotatable bonds is 2. The van der Waals surface area contributed by atoms with E-state index in [9.17, 15) is 0 Å². The van der Waals surface area contributed by atoms with Crippen LogP contribution in [0.5, 0.6) is 0 Å². The molecule has 0 aromatic heterocycles. The lowest BCUT2D eigenvalue weighted by Gasteiger charge is -2.23. The summed E-state index contributed by atoms with van der Waals surface area (Å²) in [4.78, 5) is 6.66. The van der Waals surface area contributed by atoms with Gasteiger partial charge in [0.1, 0.15) is 0 Å². The van der Waals surface area contributed by atoms with E-state index in [1.807, 2.05) is 0 Å². The van der Waals surface area contributed by atoms with Crippen LogP contribution in [0.4, 0.5) is 0 Å². The molecule has 2 heteroatoms. The summed E-state index contributed by atoms with van der Waals surface area (Å²) in [6.07, 6.45) is 3.70. The molecular weight excluding hydrogens is 148 g/mol. The Balaban J connectivity index is 2.38. The van der Waals surface area contributed by atoms with Crippen LogP contribution in [0.25, 0.3) is 0 Å². The Bertz CT molecular complexity index is 143. The van der Waals surface area contributed by atoms with Gasteiger partial charge in [-0.2, -0.15) is 0 Å². The molecule has 0 aromatic carbocycles. The van der Waals surface area contributed by atoms with Crippen molar-refractivity contribution in [3.8, 4) is 0 Å². The molecular formula is C10H20N2. The van der Waals surface area contributed by atoms with Gasteiger partial charge in [-0.15, -0.1) is 0 Å². The summed E-state index contributed by atoms with van der Waals surface area (Å²) in [7, 11) is 0. The first-order valence-corrected chi connectivity index (χ1v) is 4.94. The lowest BCUT2D eigenvalue weighted by Crippen LogP contribution is -2.31. The molecule has 0 radical (unpaired) electrons. The van der Waals surface area contributed by atoms with Gasteiger partial charge in [0.2, 0.25) is 0 Å². The molecule has 2 nitrogen and oxygen atoms in total. The minimum absolute atomic E-state index is 0.522. The third-order valence-electron chi connectivity index (χ3n) is 2.72. The molecule has 1 saturated heterocycles. The monoisotopic (exact) mass is 168 g/mol. The van der Waals surface area contributed by atoms with Gasteiger partial charge in [0.25, 0.3) is 0 Å². The summed E-state index contributed by atoms with van der Waals surface area (Å²) in [5.41, 5.74) is 0. The largest absolute Gasteiger partial charge is 0.301 e. The maximum atomic E-state index is 4.12. The molecule has 0 saturated carbocycles. The fourth-order valence-electron chi connectivity index (χ4n) is 1.80. The van der Waals surface area contributed by atoms with Crippen molar-refractivity contribution in [1.29, 1.82) is 0 Å². The van der Waals surface area contributed by atoms with E-state index >= 15 is 0 Å². The Hall–Kier alpha value is -0.370. The van der Waals surface area contributed by atoms with E-state index in [0.29, 0.717) is 12.1 Å². The van der Waals surface area contributed by atoms with Crippen molar-refractivity contribution in [3.05, 3.63) is 0 Å². The van der Waals surface area contributed by atoms with Crippen molar-refractivity contribution >= 4 is 6.72 Å². The fourth-order valence-corrected chi connectivity index (χ4v) is 1.80. The predicted octanol–water partition coefficient (Wildman–Crippen LogP) is 1.95. The number of likely N-dealkylation sites (tertiary alicyclic amines) is 1. The minimum atomic E-state index is 0.522. The number of aliphatic imine (C=N–C) groups is 1. The quantitative estimate of drug-likeness (QED) is 0.575. The van der Waals surface area contributed by atoms with Crippen LogP contribution in [-0.4, -0.2) is 36.8 Å². The maximum absolute atomic E-state index is 4.12. The molecule has 1 heterocycles. The summed E-state index contributed by atoms with van der Waals surface area (Å²) >= 11 is 0. The molecule has 70 valence electrons. The smallest absolute Gasteiger partial charge is 0.0505 e. The van der Waals surface area contributed by atoms with Crippen LogP contribution in [0, 0.1) is 0 Å². The van der Waals surface area contributed by atoms with Crippen LogP contribution in [0.3, 0.4) is 0 Å². The molecule has 0 aromatic rings. The second-order valence-electron chi connectivity index (χ2n) is 3.90. The summed E-state index contributed by atoms with van der Waals surface area (Å²) in [5, 5.41) is 0. The van der Waals surface area contributed by atoms with E-state index in [2.05, 4.69) is 30.5 Å². The molecule has 1 atom stereocenters. The van der Waals surface area contributed by atoms with E-state index in [4.69, 9.17) is 0 Å². The normalized spacial score (nSPS) is 27.1. The standard InChI is InChI=1S/C10H20N2/c1-9(2)12-7-4-5-10(11-3)6-8-12/h9-10H,3-8H2,1-2H3. The van der Waals surface area contributed by atoms with E-state index in [1.54, 1.807) is 0 Å². The average Bonchev–Trinajstić information content (AvgIpc) is 2.28. The summed E-state index contributed by atoms with van der Waals surface area (Å²) in [5.74, 6) is 0. The SMILES string of the molecule is C=NC1CCCN(C(C)C)CC1. The van der Waals surface area contributed by atoms with Crippen molar-refractivity contribution in [2.75, 3.05) is 13.1 Å². The molecule has 0 spiro atoms. The fraction of sp³-hybridized carbons (Fsp3) is 0.900. The van der Waals surface area contributed by atoms with Gasteiger partial charge in [-0.3, -0.25) is 4.99 Å².